The summed E-state index contributed by atoms with van der Waals surface area (Å²) in [6.45, 7) is 6.72. The molecule has 1 aromatic heterocycles. The lowest BCUT2D eigenvalue weighted by molar-refractivity contribution is -0.116. The van der Waals surface area contributed by atoms with E-state index in [-0.39, 0.29) is 22.3 Å². The lowest BCUT2D eigenvalue weighted by Gasteiger charge is -2.29. The Morgan fingerprint density at radius 1 is 1.15 bits per heavy atom. The van der Waals surface area contributed by atoms with E-state index in [1.807, 2.05) is 30.0 Å². The van der Waals surface area contributed by atoms with E-state index < -0.39 is 9.84 Å². The van der Waals surface area contributed by atoms with E-state index >= 15 is 0 Å². The van der Waals surface area contributed by atoms with E-state index in [2.05, 4.69) is 22.8 Å². The quantitative estimate of drug-likeness (QED) is 0.358. The van der Waals surface area contributed by atoms with Gasteiger partial charge in [-0.25, -0.2) is 8.42 Å². The maximum Gasteiger partial charge on any atom is 0.237 e. The number of allylic oxidation sites excluding steroid dienone is 1. The molecule has 0 radical (unpaired) electrons. The number of carbonyl (C=O) groups excluding carboxylic acids is 1. The fourth-order valence-electron chi connectivity index (χ4n) is 3.84. The zero-order valence-electron chi connectivity index (χ0n) is 18.5. The number of amides is 1. The Bertz CT molecular complexity index is 1270. The number of para-hydroxylation sites is 1. The standard InChI is InChI=1S/C24H26N4O3S2/c1-3-14-28-22(17-33(30,31)20-12-10-18(2)11-13-20)25-26-24(28)32-16-23(29)27-15-6-8-19-7-4-5-9-21(19)27/h3-5,7,9-13H,1,6,8,14-17H2,2H3. The molecule has 0 aliphatic carbocycles. The number of benzene rings is 2. The third-order valence-corrected chi connectivity index (χ3v) is 8.12. The van der Waals surface area contributed by atoms with Gasteiger partial charge in [-0.15, -0.1) is 16.8 Å². The monoisotopic (exact) mass is 482 g/mol. The van der Waals surface area contributed by atoms with Crippen LogP contribution in [0, 0.1) is 6.92 Å². The molecule has 2 aromatic carbocycles. The largest absolute Gasteiger partial charge is 0.311 e. The number of carbonyl (C=O) groups is 1. The lowest BCUT2D eigenvalue weighted by Crippen LogP contribution is -2.36. The van der Waals surface area contributed by atoms with Gasteiger partial charge in [0.2, 0.25) is 5.91 Å². The first kappa shape index (κ1) is 23.3. The van der Waals surface area contributed by atoms with Gasteiger partial charge in [0.25, 0.3) is 0 Å². The molecule has 3 aromatic rings. The third-order valence-electron chi connectivity index (χ3n) is 5.54. The summed E-state index contributed by atoms with van der Waals surface area (Å²) >= 11 is 1.26. The number of fused-ring (bicyclic) bond motifs is 1. The van der Waals surface area contributed by atoms with Crippen molar-refractivity contribution in [1.82, 2.24) is 14.8 Å². The molecule has 0 fully saturated rings. The van der Waals surface area contributed by atoms with Crippen molar-refractivity contribution in [1.29, 1.82) is 0 Å². The molecule has 7 nitrogen and oxygen atoms in total. The van der Waals surface area contributed by atoms with Gasteiger partial charge in [0.15, 0.2) is 15.0 Å². The summed E-state index contributed by atoms with van der Waals surface area (Å²) in [6.07, 6.45) is 3.57. The normalized spacial score (nSPS) is 13.5. The van der Waals surface area contributed by atoms with Gasteiger partial charge < -0.3 is 9.47 Å². The highest BCUT2D eigenvalue weighted by Crippen LogP contribution is 2.28. The van der Waals surface area contributed by atoms with E-state index in [0.29, 0.717) is 24.1 Å². The number of hydrogen-bond acceptors (Lipinski definition) is 6. The summed E-state index contributed by atoms with van der Waals surface area (Å²) in [7, 11) is -3.58. The molecular formula is C24H26N4O3S2. The second kappa shape index (κ2) is 9.93. The summed E-state index contributed by atoms with van der Waals surface area (Å²) < 4.78 is 27.5. The molecule has 2 heterocycles. The number of thioether (sulfide) groups is 1. The SMILES string of the molecule is C=CCn1c(CS(=O)(=O)c2ccc(C)cc2)nnc1SCC(=O)N1CCCc2ccccc21. The van der Waals surface area contributed by atoms with Crippen molar-refractivity contribution in [2.45, 2.75) is 42.1 Å². The summed E-state index contributed by atoms with van der Waals surface area (Å²) in [5.41, 5.74) is 3.13. The predicted octanol–water partition coefficient (Wildman–Crippen LogP) is 3.82. The molecular weight excluding hydrogens is 456 g/mol. The van der Waals surface area contributed by atoms with Crippen molar-refractivity contribution in [3.8, 4) is 0 Å². The molecule has 4 rings (SSSR count). The number of anilines is 1. The maximum atomic E-state index is 13.0. The van der Waals surface area contributed by atoms with Gasteiger partial charge >= 0.3 is 0 Å². The first-order chi connectivity index (χ1) is 15.9. The Morgan fingerprint density at radius 3 is 2.67 bits per heavy atom. The van der Waals surface area contributed by atoms with Gasteiger partial charge in [0.1, 0.15) is 11.6 Å². The van der Waals surface area contributed by atoms with Crippen LogP contribution in [0.4, 0.5) is 5.69 Å². The van der Waals surface area contributed by atoms with Crippen LogP contribution in [0.1, 0.15) is 23.4 Å². The highest BCUT2D eigenvalue weighted by atomic mass is 32.2. The van der Waals surface area contributed by atoms with Crippen molar-refractivity contribution >= 4 is 33.2 Å². The average molecular weight is 483 g/mol. The van der Waals surface area contributed by atoms with Gasteiger partial charge in [-0.2, -0.15) is 0 Å². The van der Waals surface area contributed by atoms with Gasteiger partial charge in [-0.1, -0.05) is 53.7 Å². The summed E-state index contributed by atoms with van der Waals surface area (Å²) in [5, 5.41) is 8.81. The zero-order valence-corrected chi connectivity index (χ0v) is 20.1. The maximum absolute atomic E-state index is 13.0. The van der Waals surface area contributed by atoms with Crippen LogP contribution in [0.15, 0.2) is 71.2 Å². The van der Waals surface area contributed by atoms with Crippen LogP contribution >= 0.6 is 11.8 Å². The Hall–Kier alpha value is -2.91. The Morgan fingerprint density at radius 2 is 1.91 bits per heavy atom. The van der Waals surface area contributed by atoms with Crippen LogP contribution in [-0.2, 0) is 33.4 Å². The minimum atomic E-state index is -3.58. The third kappa shape index (κ3) is 5.20. The molecule has 33 heavy (non-hydrogen) atoms. The lowest BCUT2D eigenvalue weighted by atomic mass is 10.0. The Kier molecular flexibility index (Phi) is 6.99. The molecule has 1 aliphatic rings. The molecule has 1 aliphatic heterocycles. The van der Waals surface area contributed by atoms with Crippen LogP contribution < -0.4 is 4.90 Å². The predicted molar refractivity (Wildman–Crippen MR) is 130 cm³/mol. The number of sulfone groups is 1. The molecule has 0 unspecified atom stereocenters. The second-order valence-electron chi connectivity index (χ2n) is 7.94. The summed E-state index contributed by atoms with van der Waals surface area (Å²) in [4.78, 5) is 15.1. The fraction of sp³-hybridized carbons (Fsp3) is 0.292. The highest BCUT2D eigenvalue weighted by molar-refractivity contribution is 7.99. The number of hydrogen-bond donors (Lipinski definition) is 0. The summed E-state index contributed by atoms with van der Waals surface area (Å²) in [5.74, 6) is 0.238. The zero-order chi connectivity index (χ0) is 23.4. The van der Waals surface area contributed by atoms with Crippen LogP contribution in [0.2, 0.25) is 0 Å². The minimum Gasteiger partial charge on any atom is -0.311 e. The summed E-state index contributed by atoms with van der Waals surface area (Å²) in [6, 6.07) is 14.7. The van der Waals surface area contributed by atoms with Crippen LogP contribution in [0.25, 0.3) is 0 Å². The Balaban J connectivity index is 1.50. The number of aromatic nitrogens is 3. The van der Waals surface area contributed by atoms with Crippen molar-refractivity contribution in [2.75, 3.05) is 17.2 Å². The molecule has 0 saturated carbocycles. The molecule has 0 spiro atoms. The Labute approximate surface area is 198 Å². The molecule has 0 saturated heterocycles. The van der Waals surface area contributed by atoms with Crippen LogP contribution in [0.3, 0.4) is 0 Å². The highest BCUT2D eigenvalue weighted by Gasteiger charge is 2.24. The van der Waals surface area contributed by atoms with E-state index in [0.717, 1.165) is 24.1 Å². The fourth-order valence-corrected chi connectivity index (χ4v) is 5.95. The van der Waals surface area contributed by atoms with Crippen LogP contribution in [-0.4, -0.2) is 41.4 Å². The van der Waals surface area contributed by atoms with E-state index in [9.17, 15) is 13.2 Å². The van der Waals surface area contributed by atoms with Crippen molar-refractivity contribution < 1.29 is 13.2 Å². The van der Waals surface area contributed by atoms with Crippen molar-refractivity contribution in [2.24, 2.45) is 0 Å². The smallest absolute Gasteiger partial charge is 0.237 e. The van der Waals surface area contributed by atoms with Gasteiger partial charge in [0, 0.05) is 18.8 Å². The molecule has 0 N–H and O–H groups in total. The van der Waals surface area contributed by atoms with Crippen molar-refractivity contribution in [3.05, 3.63) is 78.1 Å². The van der Waals surface area contributed by atoms with Crippen molar-refractivity contribution in [3.63, 3.8) is 0 Å². The average Bonchev–Trinajstić information content (AvgIpc) is 3.18. The van der Waals surface area contributed by atoms with Gasteiger partial charge in [-0.3, -0.25) is 4.79 Å². The second-order valence-corrected chi connectivity index (χ2v) is 10.9. The first-order valence-corrected chi connectivity index (χ1v) is 13.4. The number of rotatable bonds is 8. The number of aryl methyl sites for hydroxylation is 2. The number of nitrogens with zero attached hydrogens (tertiary/aromatic N) is 4. The molecule has 172 valence electrons. The topological polar surface area (TPSA) is 85.2 Å². The van der Waals surface area contributed by atoms with Crippen LogP contribution in [0.5, 0.6) is 0 Å². The van der Waals surface area contributed by atoms with Gasteiger partial charge in [-0.05, 0) is 43.5 Å². The molecule has 1 amide bonds. The van der Waals surface area contributed by atoms with E-state index in [1.54, 1.807) is 34.9 Å². The minimum absolute atomic E-state index is 0.00544. The molecule has 0 atom stereocenters. The van der Waals surface area contributed by atoms with Gasteiger partial charge in [0.05, 0.1) is 10.6 Å². The molecule has 9 heteroatoms. The first-order valence-electron chi connectivity index (χ1n) is 10.7. The van der Waals surface area contributed by atoms with E-state index in [4.69, 9.17) is 0 Å². The van der Waals surface area contributed by atoms with E-state index in [1.165, 1.54) is 17.3 Å². The molecule has 0 bridgehead atoms.